The van der Waals surface area contributed by atoms with Crippen LogP contribution in [0.3, 0.4) is 0 Å². The molecule has 0 saturated heterocycles. The van der Waals surface area contributed by atoms with Crippen LogP contribution in [0.5, 0.6) is 0 Å². The van der Waals surface area contributed by atoms with Gasteiger partial charge in [0.2, 0.25) is 0 Å². The smallest absolute Gasteiger partial charge is 0.179 e. The highest BCUT2D eigenvalue weighted by Crippen LogP contribution is 2.26. The third-order valence-electron chi connectivity index (χ3n) is 4.84. The third kappa shape index (κ3) is 4.48. The van der Waals surface area contributed by atoms with Crippen molar-refractivity contribution in [2.24, 2.45) is 15.2 Å². The molecule has 1 aliphatic rings. The molecule has 1 N–H and O–H groups in total. The zero-order valence-electron chi connectivity index (χ0n) is 16.5. The molecule has 0 radical (unpaired) electrons. The number of hydrogen-bond donors (Lipinski definition) is 1. The summed E-state index contributed by atoms with van der Waals surface area (Å²) in [5.41, 5.74) is 6.70. The Kier molecular flexibility index (Phi) is 5.61. The Hall–Kier alpha value is -3.54. The van der Waals surface area contributed by atoms with Gasteiger partial charge in [0.25, 0.3) is 0 Å². The second-order valence-corrected chi connectivity index (χ2v) is 7.08. The molecule has 3 aromatic rings. The van der Waals surface area contributed by atoms with Gasteiger partial charge >= 0.3 is 0 Å². The number of aliphatic imine (C=N–C) groups is 1. The quantitative estimate of drug-likeness (QED) is 0.624. The Balaban J connectivity index is 1.50. The first-order valence-corrected chi connectivity index (χ1v) is 9.70. The highest BCUT2D eigenvalue weighted by molar-refractivity contribution is 6.05. The summed E-state index contributed by atoms with van der Waals surface area (Å²) in [6, 6.07) is 16.8. The molecule has 6 nitrogen and oxygen atoms in total. The van der Waals surface area contributed by atoms with Crippen LogP contribution in [0, 0.1) is 0 Å². The van der Waals surface area contributed by atoms with E-state index in [9.17, 15) is 0 Å². The topological polar surface area (TPSA) is 66.9 Å². The average Bonchev–Trinajstić information content (AvgIpc) is 3.41. The molecule has 29 heavy (non-hydrogen) atoms. The minimum Gasteiger partial charge on any atom is -0.389 e. The fourth-order valence-electron chi connectivity index (χ4n) is 3.39. The Morgan fingerprint density at radius 1 is 1.10 bits per heavy atom. The van der Waals surface area contributed by atoms with Gasteiger partial charge in [0.15, 0.2) is 12.5 Å². The molecule has 146 valence electrons. The van der Waals surface area contributed by atoms with Gasteiger partial charge in [-0.2, -0.15) is 5.11 Å². The van der Waals surface area contributed by atoms with E-state index < -0.39 is 0 Å². The molecule has 1 aromatic heterocycles. The lowest BCUT2D eigenvalue weighted by molar-refractivity contribution is 0.702. The maximum absolute atomic E-state index is 4.37. The van der Waals surface area contributed by atoms with E-state index >= 15 is 0 Å². The van der Waals surface area contributed by atoms with Crippen LogP contribution < -0.4 is 5.32 Å². The first-order chi connectivity index (χ1) is 14.2. The average molecular weight is 384 g/mol. The van der Waals surface area contributed by atoms with E-state index in [0.29, 0.717) is 12.5 Å². The maximum Gasteiger partial charge on any atom is 0.179 e. The number of allylic oxidation sites excluding steroid dienone is 1. The van der Waals surface area contributed by atoms with Crippen LogP contribution in [0.4, 0.5) is 0 Å². The predicted octanol–water partition coefficient (Wildman–Crippen LogP) is 4.43. The van der Waals surface area contributed by atoms with Crippen LogP contribution in [0.2, 0.25) is 0 Å². The van der Waals surface area contributed by atoms with Crippen molar-refractivity contribution in [3.05, 3.63) is 90.2 Å². The third-order valence-corrected chi connectivity index (χ3v) is 4.84. The SMILES string of the molecule is C=C(C)NCCc1cncn1Cc1ccc(-c2ccccc2C2=NCN=N2)cc1. The summed E-state index contributed by atoms with van der Waals surface area (Å²) in [7, 11) is 0. The number of hydrogen-bond acceptors (Lipinski definition) is 5. The fourth-order valence-corrected chi connectivity index (χ4v) is 3.39. The fraction of sp³-hybridized carbons (Fsp3) is 0.217. The van der Waals surface area contributed by atoms with E-state index in [4.69, 9.17) is 0 Å². The first kappa shape index (κ1) is 18.8. The number of azo groups is 1. The van der Waals surface area contributed by atoms with Crippen molar-refractivity contribution in [1.82, 2.24) is 14.9 Å². The van der Waals surface area contributed by atoms with Gasteiger partial charge in [-0.05, 0) is 23.6 Å². The largest absolute Gasteiger partial charge is 0.389 e. The predicted molar refractivity (Wildman–Crippen MR) is 116 cm³/mol. The Labute approximate surface area is 170 Å². The van der Waals surface area contributed by atoms with Crippen LogP contribution in [0.1, 0.15) is 23.7 Å². The zero-order chi connectivity index (χ0) is 20.1. The Bertz CT molecular complexity index is 1060. The second-order valence-electron chi connectivity index (χ2n) is 7.08. The van der Waals surface area contributed by atoms with Gasteiger partial charge in [-0.3, -0.25) is 0 Å². The lowest BCUT2D eigenvalue weighted by Gasteiger charge is -2.11. The molecular weight excluding hydrogens is 360 g/mol. The number of nitrogens with one attached hydrogen (secondary N) is 1. The second kappa shape index (κ2) is 8.65. The molecule has 4 rings (SSSR count). The molecule has 0 amide bonds. The molecule has 0 saturated carbocycles. The van der Waals surface area contributed by atoms with Crippen molar-refractivity contribution in [3.8, 4) is 11.1 Å². The van der Waals surface area contributed by atoms with E-state index in [0.717, 1.165) is 41.9 Å². The van der Waals surface area contributed by atoms with E-state index in [1.54, 1.807) is 0 Å². The lowest BCUT2D eigenvalue weighted by Crippen LogP contribution is -2.16. The Morgan fingerprint density at radius 3 is 2.62 bits per heavy atom. The minimum absolute atomic E-state index is 0.414. The summed E-state index contributed by atoms with van der Waals surface area (Å²) in [6.45, 7) is 7.92. The molecule has 0 spiro atoms. The van der Waals surface area contributed by atoms with Gasteiger partial charge in [-0.1, -0.05) is 55.1 Å². The first-order valence-electron chi connectivity index (χ1n) is 9.70. The lowest BCUT2D eigenvalue weighted by atomic mass is 9.98. The van der Waals surface area contributed by atoms with Crippen molar-refractivity contribution in [1.29, 1.82) is 0 Å². The molecule has 0 aliphatic carbocycles. The van der Waals surface area contributed by atoms with Gasteiger partial charge in [0.05, 0.1) is 6.33 Å². The van der Waals surface area contributed by atoms with Gasteiger partial charge in [-0.25, -0.2) is 9.98 Å². The van der Waals surface area contributed by atoms with E-state index in [1.807, 2.05) is 37.6 Å². The van der Waals surface area contributed by atoms with Gasteiger partial charge in [0.1, 0.15) is 0 Å². The van der Waals surface area contributed by atoms with Crippen LogP contribution in [-0.4, -0.2) is 28.6 Å². The summed E-state index contributed by atoms with van der Waals surface area (Å²) in [6.07, 6.45) is 4.74. The summed E-state index contributed by atoms with van der Waals surface area (Å²) in [5.74, 6) is 0.705. The monoisotopic (exact) mass is 384 g/mol. The van der Waals surface area contributed by atoms with Crippen LogP contribution in [0.25, 0.3) is 11.1 Å². The summed E-state index contributed by atoms with van der Waals surface area (Å²) in [4.78, 5) is 8.68. The van der Waals surface area contributed by atoms with Crippen molar-refractivity contribution < 1.29 is 0 Å². The van der Waals surface area contributed by atoms with Gasteiger partial charge in [-0.15, -0.1) is 5.11 Å². The maximum atomic E-state index is 4.37. The summed E-state index contributed by atoms with van der Waals surface area (Å²) < 4.78 is 2.19. The molecule has 1 aliphatic heterocycles. The number of aromatic nitrogens is 2. The number of rotatable bonds is 8. The van der Waals surface area contributed by atoms with Crippen LogP contribution >= 0.6 is 0 Å². The van der Waals surface area contributed by atoms with Crippen LogP contribution in [0.15, 0.2) is 88.6 Å². The number of nitrogens with zero attached hydrogens (tertiary/aromatic N) is 5. The van der Waals surface area contributed by atoms with Gasteiger partial charge in [0, 0.05) is 42.7 Å². The standard InChI is InChI=1S/C23H24N6/c1-17(2)25-12-11-20-13-24-16-29(20)14-18-7-9-19(10-8-18)21-5-3-4-6-22(21)23-26-15-27-28-23/h3-10,13,16,25H,1,11-12,14-15H2,2H3. The molecule has 0 fully saturated rings. The van der Waals surface area contributed by atoms with Crippen LogP contribution in [-0.2, 0) is 13.0 Å². The van der Waals surface area contributed by atoms with E-state index in [1.165, 1.54) is 11.3 Å². The van der Waals surface area contributed by atoms with Crippen molar-refractivity contribution in [2.75, 3.05) is 13.2 Å². The summed E-state index contributed by atoms with van der Waals surface area (Å²) in [5, 5.41) is 11.4. The van der Waals surface area contributed by atoms with E-state index in [-0.39, 0.29) is 0 Å². The molecular formula is C23H24N6. The number of imidazole rings is 1. The normalized spacial score (nSPS) is 12.8. The van der Waals surface area contributed by atoms with Crippen molar-refractivity contribution in [2.45, 2.75) is 19.9 Å². The van der Waals surface area contributed by atoms with Gasteiger partial charge < -0.3 is 9.88 Å². The molecule has 2 heterocycles. The minimum atomic E-state index is 0.414. The van der Waals surface area contributed by atoms with E-state index in [2.05, 4.69) is 67.0 Å². The molecule has 0 bridgehead atoms. The highest BCUT2D eigenvalue weighted by Gasteiger charge is 2.12. The highest BCUT2D eigenvalue weighted by atomic mass is 15.2. The zero-order valence-corrected chi connectivity index (χ0v) is 16.5. The van der Waals surface area contributed by atoms with Crippen molar-refractivity contribution in [3.63, 3.8) is 0 Å². The molecule has 0 atom stereocenters. The number of amidine groups is 1. The number of benzene rings is 2. The summed E-state index contributed by atoms with van der Waals surface area (Å²) >= 11 is 0. The molecule has 0 unspecified atom stereocenters. The Morgan fingerprint density at radius 2 is 1.90 bits per heavy atom. The molecule has 6 heteroatoms. The molecule has 2 aromatic carbocycles. The van der Waals surface area contributed by atoms with Crippen molar-refractivity contribution >= 4 is 5.84 Å².